The smallest absolute Gasteiger partial charge is 0.261 e. The van der Waals surface area contributed by atoms with E-state index in [4.69, 9.17) is 0 Å². The lowest BCUT2D eigenvalue weighted by atomic mass is 9.92. The molecule has 146 valence electrons. The fourth-order valence-corrected chi connectivity index (χ4v) is 3.61. The predicted octanol–water partition coefficient (Wildman–Crippen LogP) is 2.70. The molecule has 2 aromatic carbocycles. The molecule has 0 fully saturated rings. The second-order valence-electron chi connectivity index (χ2n) is 6.70. The highest BCUT2D eigenvalue weighted by Crippen LogP contribution is 2.39. The van der Waals surface area contributed by atoms with E-state index in [1.165, 1.54) is 16.8 Å². The summed E-state index contributed by atoms with van der Waals surface area (Å²) in [6.07, 6.45) is 1.82. The summed E-state index contributed by atoms with van der Waals surface area (Å²) in [5.41, 5.74) is 6.07. The second kappa shape index (κ2) is 8.48. The minimum atomic E-state index is -0.763. The van der Waals surface area contributed by atoms with Crippen molar-refractivity contribution in [3.63, 3.8) is 0 Å². The highest BCUT2D eigenvalue weighted by molar-refractivity contribution is 7.99. The first-order chi connectivity index (χ1) is 13.4. The van der Waals surface area contributed by atoms with Gasteiger partial charge in [0.1, 0.15) is 6.04 Å². The number of fused-ring (bicyclic) bond motifs is 3. The summed E-state index contributed by atoms with van der Waals surface area (Å²) in [5.74, 6) is -1.05. The third-order valence-corrected chi connectivity index (χ3v) is 5.27. The van der Waals surface area contributed by atoms with Gasteiger partial charge in [0.2, 0.25) is 5.91 Å². The number of nitrogens with zero attached hydrogens (tertiary/aromatic N) is 1. The van der Waals surface area contributed by atoms with Crippen LogP contribution in [-0.2, 0) is 14.4 Å². The molecule has 1 unspecified atom stereocenters. The Balaban J connectivity index is 1.92. The highest BCUT2D eigenvalue weighted by atomic mass is 32.2. The van der Waals surface area contributed by atoms with Gasteiger partial charge in [0.25, 0.3) is 11.8 Å². The monoisotopic (exact) mass is 397 g/mol. The van der Waals surface area contributed by atoms with Crippen molar-refractivity contribution < 1.29 is 14.4 Å². The van der Waals surface area contributed by atoms with E-state index in [2.05, 4.69) is 10.7 Å². The van der Waals surface area contributed by atoms with Gasteiger partial charge in [0.05, 0.1) is 17.4 Å². The van der Waals surface area contributed by atoms with Crippen molar-refractivity contribution in [1.82, 2.24) is 10.7 Å². The van der Waals surface area contributed by atoms with Crippen LogP contribution in [-0.4, -0.2) is 35.8 Å². The van der Waals surface area contributed by atoms with E-state index in [0.717, 1.165) is 16.7 Å². The zero-order chi connectivity index (χ0) is 20.3. The Labute approximate surface area is 168 Å². The van der Waals surface area contributed by atoms with E-state index in [1.807, 2.05) is 55.6 Å². The third kappa shape index (κ3) is 3.89. The van der Waals surface area contributed by atoms with Gasteiger partial charge in [0.15, 0.2) is 0 Å². The van der Waals surface area contributed by atoms with Gasteiger partial charge < -0.3 is 5.32 Å². The lowest BCUT2D eigenvalue weighted by Gasteiger charge is -2.27. The number of para-hydroxylation sites is 1. The van der Waals surface area contributed by atoms with Gasteiger partial charge in [-0.15, -0.1) is 0 Å². The Morgan fingerprint density at radius 2 is 1.75 bits per heavy atom. The highest BCUT2D eigenvalue weighted by Gasteiger charge is 2.33. The number of nitrogens with one attached hydrogen (secondary N) is 2. The number of carbonyl (C=O) groups excluding carboxylic acids is 3. The van der Waals surface area contributed by atoms with Crippen LogP contribution in [0.25, 0.3) is 11.1 Å². The quantitative estimate of drug-likeness (QED) is 0.813. The van der Waals surface area contributed by atoms with Crippen LogP contribution < -0.4 is 15.8 Å². The topological polar surface area (TPSA) is 78.5 Å². The molecule has 3 amide bonds. The van der Waals surface area contributed by atoms with E-state index >= 15 is 0 Å². The van der Waals surface area contributed by atoms with Crippen LogP contribution in [0.3, 0.4) is 0 Å². The standard InChI is InChI=1S/C21H23N3O3S/c1-13-15-8-4-5-9-16(15)17-10-6-7-11-18(17)24(21(13)27)23-20(26)14(2)22-19(25)12-28-3/h4-11,13-14H,12H2,1-3H3,(H,22,25)(H,23,26)/t13?,14-/m0/s1. The Morgan fingerprint density at radius 3 is 2.46 bits per heavy atom. The van der Waals surface area contributed by atoms with E-state index in [9.17, 15) is 14.4 Å². The maximum Gasteiger partial charge on any atom is 0.261 e. The predicted molar refractivity (Wildman–Crippen MR) is 112 cm³/mol. The van der Waals surface area contributed by atoms with Gasteiger partial charge in [-0.3, -0.25) is 19.8 Å². The van der Waals surface area contributed by atoms with Crippen LogP contribution in [0, 0.1) is 0 Å². The molecule has 3 rings (SSSR count). The molecule has 0 aromatic heterocycles. The average molecular weight is 398 g/mol. The van der Waals surface area contributed by atoms with Gasteiger partial charge in [-0.2, -0.15) is 11.8 Å². The molecule has 7 heteroatoms. The molecule has 0 saturated heterocycles. The maximum atomic E-state index is 13.2. The summed E-state index contributed by atoms with van der Waals surface area (Å²) >= 11 is 1.38. The second-order valence-corrected chi connectivity index (χ2v) is 7.56. The lowest BCUT2D eigenvalue weighted by molar-refractivity contribution is -0.129. The number of hydrogen-bond acceptors (Lipinski definition) is 4. The summed E-state index contributed by atoms with van der Waals surface area (Å²) in [5, 5.41) is 3.95. The van der Waals surface area contributed by atoms with Crippen LogP contribution in [0.2, 0.25) is 0 Å². The Morgan fingerprint density at radius 1 is 1.11 bits per heavy atom. The van der Waals surface area contributed by atoms with Crippen LogP contribution in [0.15, 0.2) is 48.5 Å². The van der Waals surface area contributed by atoms with E-state index in [-0.39, 0.29) is 17.6 Å². The van der Waals surface area contributed by atoms with Crippen molar-refractivity contribution >= 4 is 35.2 Å². The molecule has 2 atom stereocenters. The molecule has 0 radical (unpaired) electrons. The molecular weight excluding hydrogens is 374 g/mol. The van der Waals surface area contributed by atoms with Crippen LogP contribution in [0.4, 0.5) is 5.69 Å². The summed E-state index contributed by atoms with van der Waals surface area (Å²) in [6.45, 7) is 3.43. The number of anilines is 1. The van der Waals surface area contributed by atoms with Crippen molar-refractivity contribution in [3.8, 4) is 11.1 Å². The van der Waals surface area contributed by atoms with Crippen LogP contribution >= 0.6 is 11.8 Å². The SMILES string of the molecule is CSCC(=O)N[C@@H](C)C(=O)NN1C(=O)C(C)c2ccccc2-c2ccccc21. The molecule has 0 spiro atoms. The van der Waals surface area contributed by atoms with E-state index in [1.54, 1.807) is 13.0 Å². The minimum absolute atomic E-state index is 0.224. The normalized spacial score (nSPS) is 16.5. The van der Waals surface area contributed by atoms with Crippen molar-refractivity contribution in [2.75, 3.05) is 17.0 Å². The Hall–Kier alpha value is -2.80. The number of thioether (sulfide) groups is 1. The van der Waals surface area contributed by atoms with Crippen molar-refractivity contribution in [1.29, 1.82) is 0 Å². The molecule has 0 aliphatic carbocycles. The number of amides is 3. The van der Waals surface area contributed by atoms with Gasteiger partial charge in [0, 0.05) is 5.56 Å². The number of carbonyl (C=O) groups is 3. The molecule has 1 heterocycles. The summed E-state index contributed by atoms with van der Waals surface area (Å²) < 4.78 is 0. The minimum Gasteiger partial charge on any atom is -0.344 e. The molecule has 0 saturated carbocycles. The molecule has 1 aliphatic rings. The number of benzene rings is 2. The summed E-state index contributed by atoms with van der Waals surface area (Å²) in [6, 6.07) is 14.5. The first-order valence-corrected chi connectivity index (χ1v) is 10.4. The molecule has 6 nitrogen and oxygen atoms in total. The largest absolute Gasteiger partial charge is 0.344 e. The molecule has 2 N–H and O–H groups in total. The van der Waals surface area contributed by atoms with Gasteiger partial charge in [-0.25, -0.2) is 5.01 Å². The summed E-state index contributed by atoms with van der Waals surface area (Å²) in [7, 11) is 0. The lowest BCUT2D eigenvalue weighted by Crippen LogP contribution is -2.54. The fraction of sp³-hybridized carbons (Fsp3) is 0.286. The maximum absolute atomic E-state index is 13.2. The van der Waals surface area contributed by atoms with Crippen LogP contribution in [0.1, 0.15) is 25.3 Å². The zero-order valence-corrected chi connectivity index (χ0v) is 16.9. The zero-order valence-electron chi connectivity index (χ0n) is 16.1. The third-order valence-electron chi connectivity index (χ3n) is 4.72. The molecule has 2 aromatic rings. The van der Waals surface area contributed by atoms with Crippen molar-refractivity contribution in [2.45, 2.75) is 25.8 Å². The van der Waals surface area contributed by atoms with E-state index in [0.29, 0.717) is 5.69 Å². The molecule has 0 bridgehead atoms. The average Bonchev–Trinajstić information content (AvgIpc) is 2.78. The summed E-state index contributed by atoms with van der Waals surface area (Å²) in [4.78, 5) is 37.6. The number of rotatable bonds is 5. The van der Waals surface area contributed by atoms with Gasteiger partial charge >= 0.3 is 0 Å². The first kappa shape index (κ1) is 19.9. The number of hydrogen-bond donors (Lipinski definition) is 2. The van der Waals surface area contributed by atoms with Crippen molar-refractivity contribution in [2.24, 2.45) is 0 Å². The van der Waals surface area contributed by atoms with E-state index < -0.39 is 17.9 Å². The van der Waals surface area contributed by atoms with Gasteiger partial charge in [-0.05, 0) is 37.3 Å². The Bertz CT molecular complexity index is 915. The molecule has 1 aliphatic heterocycles. The fourth-order valence-electron chi connectivity index (χ4n) is 3.26. The van der Waals surface area contributed by atoms with Gasteiger partial charge in [-0.1, -0.05) is 42.5 Å². The van der Waals surface area contributed by atoms with Crippen LogP contribution in [0.5, 0.6) is 0 Å². The first-order valence-electron chi connectivity index (χ1n) is 9.05. The molecule has 28 heavy (non-hydrogen) atoms. The Kier molecular flexibility index (Phi) is 6.04. The number of hydrazine groups is 1. The van der Waals surface area contributed by atoms with Crippen molar-refractivity contribution in [3.05, 3.63) is 54.1 Å². The molecular formula is C21H23N3O3S.